The highest BCUT2D eigenvalue weighted by Gasteiger charge is 2.21. The Kier molecular flexibility index (Phi) is 8.87. The van der Waals surface area contributed by atoms with Crippen molar-refractivity contribution in [3.8, 4) is 11.4 Å². The van der Waals surface area contributed by atoms with Gasteiger partial charge in [0.15, 0.2) is 13.2 Å². The van der Waals surface area contributed by atoms with Gasteiger partial charge in [0, 0.05) is 22.5 Å². The monoisotopic (exact) mass is 612 g/mol. The molecule has 0 radical (unpaired) electrons. The highest BCUT2D eigenvalue weighted by molar-refractivity contribution is 6.13. The Hall–Kier alpha value is -6.16. The number of rotatable bonds is 11. The zero-order valence-electron chi connectivity index (χ0n) is 25.4. The molecule has 2 heterocycles. The number of aromatic amines is 2. The third-order valence-corrected chi connectivity index (χ3v) is 7.32. The van der Waals surface area contributed by atoms with Crippen LogP contribution >= 0.6 is 0 Å². The van der Waals surface area contributed by atoms with E-state index in [-0.39, 0.29) is 24.3 Å². The summed E-state index contributed by atoms with van der Waals surface area (Å²) in [6.07, 6.45) is 0. The maximum Gasteiger partial charge on any atom is 0.281 e. The number of nitrogens with zero attached hydrogens (tertiary/aromatic N) is 4. The molecule has 230 valence electrons. The lowest BCUT2D eigenvalue weighted by Crippen LogP contribution is -2.22. The van der Waals surface area contributed by atoms with Crippen molar-refractivity contribution in [2.45, 2.75) is 13.8 Å². The second-order valence-corrected chi connectivity index (χ2v) is 10.5. The van der Waals surface area contributed by atoms with Crippen LogP contribution in [0.15, 0.2) is 141 Å². The standard InChI is InChI=1S/C36H32N6O4/c1-25-31(35(43)41(37-25)29-19-11-5-12-20-29)33(27-15-7-3-8-16-27)39-45-23-24-46-40-34(28-17-9-4-10-18-28)32-26(2)38-42(36(32)44)30-21-13-6-14-22-30/h3-22,37-38H,23-24H2,1-2H3/b39-33+,40-34+. The Morgan fingerprint density at radius 3 is 1.22 bits per heavy atom. The summed E-state index contributed by atoms with van der Waals surface area (Å²) in [5.41, 5.74) is 5.28. The molecule has 0 bridgehead atoms. The van der Waals surface area contributed by atoms with Crippen molar-refractivity contribution in [1.82, 2.24) is 19.6 Å². The molecule has 6 rings (SSSR count). The molecule has 10 heteroatoms. The molecule has 2 aromatic heterocycles. The minimum Gasteiger partial charge on any atom is -0.392 e. The summed E-state index contributed by atoms with van der Waals surface area (Å²) in [5, 5.41) is 15.1. The van der Waals surface area contributed by atoms with Crippen molar-refractivity contribution >= 4 is 11.4 Å². The van der Waals surface area contributed by atoms with Gasteiger partial charge in [0.2, 0.25) is 0 Å². The van der Waals surface area contributed by atoms with E-state index in [4.69, 9.17) is 9.68 Å². The van der Waals surface area contributed by atoms with Gasteiger partial charge in [-0.25, -0.2) is 9.36 Å². The third-order valence-electron chi connectivity index (χ3n) is 7.32. The normalized spacial score (nSPS) is 11.9. The first-order chi connectivity index (χ1) is 22.5. The smallest absolute Gasteiger partial charge is 0.281 e. The number of benzene rings is 4. The molecule has 2 N–H and O–H groups in total. The summed E-state index contributed by atoms with van der Waals surface area (Å²) in [4.78, 5) is 38.5. The van der Waals surface area contributed by atoms with Crippen molar-refractivity contribution < 1.29 is 9.68 Å². The van der Waals surface area contributed by atoms with Crippen LogP contribution in [0, 0.1) is 13.8 Å². The topological polar surface area (TPSA) is 119 Å². The molecule has 4 aromatic carbocycles. The zero-order chi connectivity index (χ0) is 31.9. The molecule has 0 saturated carbocycles. The first kappa shape index (κ1) is 29.9. The van der Waals surface area contributed by atoms with Crippen LogP contribution in [0.4, 0.5) is 0 Å². The summed E-state index contributed by atoms with van der Waals surface area (Å²) in [6.45, 7) is 3.73. The molecule has 6 aromatic rings. The first-order valence-electron chi connectivity index (χ1n) is 14.8. The summed E-state index contributed by atoms with van der Waals surface area (Å²) < 4.78 is 2.97. The van der Waals surface area contributed by atoms with Crippen LogP contribution in [-0.2, 0) is 9.68 Å². The van der Waals surface area contributed by atoms with E-state index in [1.807, 2.05) is 135 Å². The number of oxime groups is 2. The van der Waals surface area contributed by atoms with E-state index in [9.17, 15) is 9.59 Å². The van der Waals surface area contributed by atoms with E-state index in [2.05, 4.69) is 20.5 Å². The van der Waals surface area contributed by atoms with Crippen LogP contribution in [0.3, 0.4) is 0 Å². The quantitative estimate of drug-likeness (QED) is 0.114. The number of nitrogens with one attached hydrogen (secondary N) is 2. The largest absolute Gasteiger partial charge is 0.392 e. The second-order valence-electron chi connectivity index (χ2n) is 10.5. The fraction of sp³-hybridized carbons (Fsp3) is 0.111. The number of aromatic nitrogens is 4. The van der Waals surface area contributed by atoms with Crippen LogP contribution in [-0.4, -0.2) is 44.2 Å². The molecule has 0 amide bonds. The lowest BCUT2D eigenvalue weighted by atomic mass is 10.0. The summed E-state index contributed by atoms with van der Waals surface area (Å²) >= 11 is 0. The van der Waals surface area contributed by atoms with Crippen LogP contribution < -0.4 is 11.1 Å². The Balaban J connectivity index is 1.24. The SMILES string of the molecule is Cc1[nH]n(-c2ccccc2)c(=O)c1/C(=N/OCCO/N=C(\c1ccccc1)c1c(C)[nH]n(-c2ccccc2)c1=O)c1ccccc1. The van der Waals surface area contributed by atoms with E-state index in [0.29, 0.717) is 45.3 Å². The maximum atomic E-state index is 13.6. The minimum atomic E-state index is -0.244. The van der Waals surface area contributed by atoms with Crippen LogP contribution in [0.25, 0.3) is 11.4 Å². The second kappa shape index (κ2) is 13.6. The van der Waals surface area contributed by atoms with E-state index < -0.39 is 0 Å². The van der Waals surface area contributed by atoms with E-state index in [1.54, 1.807) is 0 Å². The molecule has 46 heavy (non-hydrogen) atoms. The molecular formula is C36H32N6O4. The van der Waals surface area contributed by atoms with E-state index in [0.717, 1.165) is 11.1 Å². The van der Waals surface area contributed by atoms with E-state index in [1.165, 1.54) is 9.36 Å². The molecule has 0 spiro atoms. The average molecular weight is 613 g/mol. The first-order valence-corrected chi connectivity index (χ1v) is 14.8. The molecule has 10 nitrogen and oxygen atoms in total. The van der Waals surface area contributed by atoms with Crippen LogP contribution in [0.1, 0.15) is 33.6 Å². The van der Waals surface area contributed by atoms with Gasteiger partial charge in [-0.05, 0) is 38.1 Å². The van der Waals surface area contributed by atoms with Gasteiger partial charge in [0.25, 0.3) is 11.1 Å². The van der Waals surface area contributed by atoms with Crippen molar-refractivity contribution in [3.63, 3.8) is 0 Å². The third kappa shape index (κ3) is 6.22. The molecule has 0 atom stereocenters. The highest BCUT2D eigenvalue weighted by Crippen LogP contribution is 2.15. The number of hydrogen-bond donors (Lipinski definition) is 2. The number of aryl methyl sites for hydroxylation is 2. The maximum absolute atomic E-state index is 13.6. The van der Waals surface area contributed by atoms with Gasteiger partial charge in [-0.1, -0.05) is 107 Å². The van der Waals surface area contributed by atoms with Crippen molar-refractivity contribution in [3.05, 3.63) is 176 Å². The van der Waals surface area contributed by atoms with Gasteiger partial charge in [-0.15, -0.1) is 0 Å². The molecule has 0 aliphatic carbocycles. The van der Waals surface area contributed by atoms with Gasteiger partial charge in [-0.3, -0.25) is 19.8 Å². The van der Waals surface area contributed by atoms with Crippen molar-refractivity contribution in [2.24, 2.45) is 10.3 Å². The fourth-order valence-corrected chi connectivity index (χ4v) is 5.14. The highest BCUT2D eigenvalue weighted by atomic mass is 16.7. The van der Waals surface area contributed by atoms with Crippen molar-refractivity contribution in [2.75, 3.05) is 13.2 Å². The molecule has 0 fully saturated rings. The van der Waals surface area contributed by atoms with Crippen molar-refractivity contribution in [1.29, 1.82) is 0 Å². The van der Waals surface area contributed by atoms with Gasteiger partial charge in [0.05, 0.1) is 22.5 Å². The summed E-state index contributed by atoms with van der Waals surface area (Å²) in [5.74, 6) is 0. The number of hydrogen-bond acceptors (Lipinski definition) is 6. The summed E-state index contributed by atoms with van der Waals surface area (Å²) in [6, 6.07) is 37.4. The molecule has 0 aliphatic rings. The fourth-order valence-electron chi connectivity index (χ4n) is 5.14. The Morgan fingerprint density at radius 2 is 0.870 bits per heavy atom. The molecule has 0 saturated heterocycles. The Bertz CT molecular complexity index is 1940. The van der Waals surface area contributed by atoms with Gasteiger partial charge in [-0.2, -0.15) is 0 Å². The predicted octanol–water partition coefficient (Wildman–Crippen LogP) is 5.50. The molecule has 0 unspecified atom stereocenters. The van der Waals surface area contributed by atoms with E-state index >= 15 is 0 Å². The van der Waals surface area contributed by atoms with Crippen LogP contribution in [0.5, 0.6) is 0 Å². The van der Waals surface area contributed by atoms with Crippen LogP contribution in [0.2, 0.25) is 0 Å². The minimum absolute atomic E-state index is 0.0403. The van der Waals surface area contributed by atoms with Gasteiger partial charge < -0.3 is 9.68 Å². The lowest BCUT2D eigenvalue weighted by Gasteiger charge is -2.07. The number of H-pyrrole nitrogens is 2. The summed E-state index contributed by atoms with van der Waals surface area (Å²) in [7, 11) is 0. The molecule has 0 aliphatic heterocycles. The zero-order valence-corrected chi connectivity index (χ0v) is 25.4. The predicted molar refractivity (Wildman–Crippen MR) is 178 cm³/mol. The van der Waals surface area contributed by atoms with Gasteiger partial charge in [0.1, 0.15) is 11.4 Å². The average Bonchev–Trinajstić information content (AvgIpc) is 3.57. The lowest BCUT2D eigenvalue weighted by molar-refractivity contribution is 0.0542. The molecular weight excluding hydrogens is 580 g/mol. The van der Waals surface area contributed by atoms with Gasteiger partial charge >= 0.3 is 0 Å². The Labute approximate surface area is 264 Å². The Morgan fingerprint density at radius 1 is 0.543 bits per heavy atom. The number of para-hydroxylation sites is 2.